The van der Waals surface area contributed by atoms with E-state index in [2.05, 4.69) is 0 Å². The highest BCUT2D eigenvalue weighted by molar-refractivity contribution is 7.93. The van der Waals surface area contributed by atoms with Gasteiger partial charge in [0.15, 0.2) is 17.3 Å². The average Bonchev–Trinajstić information content (AvgIpc) is 2.91. The molecule has 0 unspecified atom stereocenters. The van der Waals surface area contributed by atoms with E-state index in [1.54, 1.807) is 62.4 Å². The number of piperidine rings is 1. The molecule has 4 N–H and O–H groups in total. The van der Waals surface area contributed by atoms with Crippen LogP contribution in [0.5, 0.6) is 11.5 Å². The zero-order chi connectivity index (χ0) is 29.3. The van der Waals surface area contributed by atoms with E-state index in [4.69, 9.17) is 30.8 Å². The molecule has 0 bridgehead atoms. The number of nitrogens with two attached hydrogens (primary N) is 1. The van der Waals surface area contributed by atoms with E-state index >= 15 is 0 Å². The molecule has 3 rings (SSSR count). The number of rotatable bonds is 12. The standard InChI is InChI=1S/C28H37N5O6S.2ClH/c1-4-38-27(34)19-40(35,36)33(14-6-8-21-7-5-9-22(17-21)28(30)31)23-10-11-25(26(18-23)37-3)39-24-12-15-32(16-13-24)20(2)29;;/h5-11,17-18,24,29H,4,12-16,19H2,1-3H3,(H3,30,31);2*1H/b8-6+,29-20?;;. The number of methoxy groups -OCH3 is 1. The molecular formula is C28H39Cl2N5O6S. The summed E-state index contributed by atoms with van der Waals surface area (Å²) < 4.78 is 44.4. The maximum absolute atomic E-state index is 13.3. The van der Waals surface area contributed by atoms with E-state index in [1.807, 2.05) is 11.0 Å². The number of nitrogen functional groups attached to an aromatic ring is 1. The number of hydrogen-bond donors (Lipinski definition) is 3. The number of halogens is 2. The van der Waals surface area contributed by atoms with Crippen molar-refractivity contribution in [2.75, 3.05) is 43.4 Å². The Hall–Kier alpha value is -3.48. The fraction of sp³-hybridized carbons (Fsp3) is 0.393. The van der Waals surface area contributed by atoms with Crippen LogP contribution in [-0.4, -0.2) is 76.2 Å². The number of nitrogens with one attached hydrogen (secondary N) is 2. The Bertz CT molecular complexity index is 1360. The molecule has 2 aromatic rings. The Morgan fingerprint density at radius 2 is 1.81 bits per heavy atom. The number of esters is 1. The van der Waals surface area contributed by atoms with Gasteiger partial charge < -0.3 is 24.8 Å². The van der Waals surface area contributed by atoms with Crippen LogP contribution in [0.4, 0.5) is 5.69 Å². The van der Waals surface area contributed by atoms with E-state index in [0.29, 0.717) is 28.6 Å². The first-order valence-electron chi connectivity index (χ1n) is 13.0. The molecule has 14 heteroatoms. The molecule has 1 aliphatic rings. The smallest absolute Gasteiger partial charge is 0.323 e. The highest BCUT2D eigenvalue weighted by Gasteiger charge is 2.28. The zero-order valence-electron chi connectivity index (χ0n) is 23.9. The number of likely N-dealkylation sites (tertiary alicyclic amines) is 1. The van der Waals surface area contributed by atoms with Crippen molar-refractivity contribution >= 4 is 64.2 Å². The van der Waals surface area contributed by atoms with Gasteiger partial charge in [0.2, 0.25) is 10.0 Å². The molecule has 232 valence electrons. The molecule has 1 fully saturated rings. The summed E-state index contributed by atoms with van der Waals surface area (Å²) in [7, 11) is -2.64. The molecule has 0 amide bonds. The molecule has 0 radical (unpaired) electrons. The van der Waals surface area contributed by atoms with Gasteiger partial charge in [-0.25, -0.2) is 8.42 Å². The topological polar surface area (TPSA) is 159 Å². The summed E-state index contributed by atoms with van der Waals surface area (Å²) in [6, 6.07) is 11.8. The molecule has 0 spiro atoms. The van der Waals surface area contributed by atoms with Crippen molar-refractivity contribution < 1.29 is 27.4 Å². The quantitative estimate of drug-likeness (QED) is 0.177. The second-order valence-corrected chi connectivity index (χ2v) is 11.2. The Labute approximate surface area is 259 Å². The monoisotopic (exact) mass is 643 g/mol. The van der Waals surface area contributed by atoms with Crippen molar-refractivity contribution in [1.82, 2.24) is 4.90 Å². The number of nitrogens with zero attached hydrogens (tertiary/aromatic N) is 2. The second kappa shape index (κ2) is 16.8. The van der Waals surface area contributed by atoms with Crippen LogP contribution in [0.3, 0.4) is 0 Å². The number of ether oxygens (including phenoxy) is 3. The number of carbonyl (C=O) groups excluding carboxylic acids is 1. The van der Waals surface area contributed by atoms with Crippen LogP contribution in [-0.2, 0) is 19.6 Å². The van der Waals surface area contributed by atoms with E-state index < -0.39 is 21.7 Å². The minimum absolute atomic E-state index is 0. The van der Waals surface area contributed by atoms with Gasteiger partial charge in [-0.15, -0.1) is 24.8 Å². The fourth-order valence-corrected chi connectivity index (χ4v) is 5.59. The van der Waals surface area contributed by atoms with Crippen molar-refractivity contribution in [2.45, 2.75) is 32.8 Å². The predicted octanol–water partition coefficient (Wildman–Crippen LogP) is 4.08. The lowest BCUT2D eigenvalue weighted by Crippen LogP contribution is -2.40. The number of carbonyl (C=O) groups is 1. The first-order valence-corrected chi connectivity index (χ1v) is 14.6. The summed E-state index contributed by atoms with van der Waals surface area (Å²) in [5.74, 6) is -0.360. The van der Waals surface area contributed by atoms with Gasteiger partial charge >= 0.3 is 5.97 Å². The van der Waals surface area contributed by atoms with Crippen molar-refractivity contribution in [1.29, 1.82) is 10.8 Å². The number of benzene rings is 2. The van der Waals surface area contributed by atoms with Gasteiger partial charge in [0, 0.05) is 37.6 Å². The fourth-order valence-electron chi connectivity index (χ4n) is 4.30. The number of hydrogen-bond acceptors (Lipinski definition) is 8. The molecule has 0 saturated carbocycles. The third kappa shape index (κ3) is 10.1. The van der Waals surface area contributed by atoms with E-state index in [9.17, 15) is 13.2 Å². The lowest BCUT2D eigenvalue weighted by atomic mass is 10.1. The predicted molar refractivity (Wildman–Crippen MR) is 170 cm³/mol. The van der Waals surface area contributed by atoms with Crippen LogP contribution in [0.2, 0.25) is 0 Å². The average molecular weight is 645 g/mol. The van der Waals surface area contributed by atoms with E-state index in [-0.39, 0.29) is 49.9 Å². The summed E-state index contributed by atoms with van der Waals surface area (Å²) in [6.45, 7) is 4.82. The molecule has 1 aliphatic heterocycles. The van der Waals surface area contributed by atoms with Crippen molar-refractivity contribution in [2.24, 2.45) is 5.73 Å². The number of anilines is 1. The lowest BCUT2D eigenvalue weighted by molar-refractivity contribution is -0.139. The number of sulfonamides is 1. The lowest BCUT2D eigenvalue weighted by Gasteiger charge is -2.33. The maximum Gasteiger partial charge on any atom is 0.323 e. The van der Waals surface area contributed by atoms with Crippen molar-refractivity contribution in [3.8, 4) is 11.5 Å². The van der Waals surface area contributed by atoms with Crippen LogP contribution in [0.1, 0.15) is 37.8 Å². The third-order valence-corrected chi connectivity index (χ3v) is 8.00. The summed E-state index contributed by atoms with van der Waals surface area (Å²) in [5, 5.41) is 15.4. The summed E-state index contributed by atoms with van der Waals surface area (Å²) >= 11 is 0. The molecule has 2 aromatic carbocycles. The van der Waals surface area contributed by atoms with Crippen LogP contribution < -0.4 is 19.5 Å². The molecule has 1 heterocycles. The highest BCUT2D eigenvalue weighted by Crippen LogP contribution is 2.34. The van der Waals surface area contributed by atoms with E-state index in [0.717, 1.165) is 35.8 Å². The Kier molecular flexibility index (Phi) is 14.6. The zero-order valence-corrected chi connectivity index (χ0v) is 26.3. The van der Waals surface area contributed by atoms with E-state index in [1.165, 1.54) is 7.11 Å². The Balaban J connectivity index is 0.00000441. The normalized spacial score (nSPS) is 13.5. The van der Waals surface area contributed by atoms with Gasteiger partial charge in [-0.3, -0.25) is 19.9 Å². The van der Waals surface area contributed by atoms with Crippen LogP contribution in [0.25, 0.3) is 6.08 Å². The van der Waals surface area contributed by atoms with Gasteiger partial charge in [-0.05, 0) is 37.6 Å². The molecule has 1 saturated heterocycles. The molecular weight excluding hydrogens is 605 g/mol. The second-order valence-electron chi connectivity index (χ2n) is 9.26. The minimum atomic E-state index is -4.12. The minimum Gasteiger partial charge on any atom is -0.493 e. The number of amidine groups is 2. The van der Waals surface area contributed by atoms with Gasteiger partial charge in [0.05, 0.1) is 31.8 Å². The van der Waals surface area contributed by atoms with Gasteiger partial charge in [-0.1, -0.05) is 30.4 Å². The highest BCUT2D eigenvalue weighted by atomic mass is 35.5. The summed E-state index contributed by atoms with van der Waals surface area (Å²) in [6.07, 6.45) is 4.80. The van der Waals surface area contributed by atoms with Crippen LogP contribution in [0.15, 0.2) is 48.5 Å². The molecule has 0 aliphatic carbocycles. The molecule has 11 nitrogen and oxygen atoms in total. The first-order chi connectivity index (χ1) is 19.0. The Morgan fingerprint density at radius 3 is 2.40 bits per heavy atom. The molecule has 42 heavy (non-hydrogen) atoms. The van der Waals surface area contributed by atoms with Gasteiger partial charge in [0.1, 0.15) is 11.9 Å². The third-order valence-electron chi connectivity index (χ3n) is 6.37. The maximum atomic E-state index is 13.3. The Morgan fingerprint density at radius 1 is 1.12 bits per heavy atom. The van der Waals surface area contributed by atoms with Crippen LogP contribution in [0, 0.1) is 10.8 Å². The van der Waals surface area contributed by atoms with Gasteiger partial charge in [0.25, 0.3) is 0 Å². The van der Waals surface area contributed by atoms with Crippen molar-refractivity contribution in [3.05, 3.63) is 59.7 Å². The van der Waals surface area contributed by atoms with Gasteiger partial charge in [-0.2, -0.15) is 0 Å². The first kappa shape index (κ1) is 36.5. The molecule has 0 aromatic heterocycles. The largest absolute Gasteiger partial charge is 0.493 e. The molecule has 0 atom stereocenters. The summed E-state index contributed by atoms with van der Waals surface area (Å²) in [4.78, 5) is 14.1. The summed E-state index contributed by atoms with van der Waals surface area (Å²) in [5.41, 5.74) is 7.16. The SMILES string of the molecule is CCOC(=O)CS(=O)(=O)N(C/C=C/c1cccc(C(=N)N)c1)c1ccc(OC2CCN(C(C)=N)CC2)c(OC)c1.Cl.Cl. The van der Waals surface area contributed by atoms with Crippen LogP contribution >= 0.6 is 24.8 Å². The van der Waals surface area contributed by atoms with Crippen molar-refractivity contribution in [3.63, 3.8) is 0 Å².